The van der Waals surface area contributed by atoms with Crippen LogP contribution in [0, 0.1) is 0 Å². The number of ether oxygens (including phenoxy) is 3. The number of aliphatic hydroxyl groups excluding tert-OH is 1. The van der Waals surface area contributed by atoms with Crippen molar-refractivity contribution in [3.63, 3.8) is 0 Å². The minimum absolute atomic E-state index is 0.113. The molecule has 1 aliphatic carbocycles. The molecule has 0 spiro atoms. The maximum Gasteiger partial charge on any atom is 0.197 e. The van der Waals surface area contributed by atoms with Gasteiger partial charge in [0, 0.05) is 24.9 Å². The molecule has 26 heavy (non-hydrogen) atoms. The van der Waals surface area contributed by atoms with Crippen LogP contribution in [-0.2, 0) is 14.2 Å². The predicted octanol–water partition coefficient (Wildman–Crippen LogP) is 4.08. The zero-order chi connectivity index (χ0) is 18.4. The van der Waals surface area contributed by atoms with Crippen molar-refractivity contribution in [2.24, 2.45) is 0 Å². The lowest BCUT2D eigenvalue weighted by atomic mass is 9.98. The Morgan fingerprint density at radius 1 is 1.31 bits per heavy atom. The summed E-state index contributed by atoms with van der Waals surface area (Å²) in [5, 5.41) is 10.4. The van der Waals surface area contributed by atoms with E-state index in [2.05, 4.69) is 0 Å². The first-order valence-electron chi connectivity index (χ1n) is 8.85. The summed E-state index contributed by atoms with van der Waals surface area (Å²) in [7, 11) is 1.54. The molecule has 2 atom stereocenters. The summed E-state index contributed by atoms with van der Waals surface area (Å²) in [6.07, 6.45) is 9.25. The monoisotopic (exact) mass is 356 g/mol. The van der Waals surface area contributed by atoms with Gasteiger partial charge in [0.2, 0.25) is 0 Å². The molecule has 0 aromatic heterocycles. The molecule has 1 heterocycles. The van der Waals surface area contributed by atoms with Crippen molar-refractivity contribution in [1.82, 2.24) is 0 Å². The van der Waals surface area contributed by atoms with E-state index in [4.69, 9.17) is 14.2 Å². The Morgan fingerprint density at radius 3 is 2.77 bits per heavy atom. The molecule has 5 nitrogen and oxygen atoms in total. The maximum absolute atomic E-state index is 12.2. The quantitative estimate of drug-likeness (QED) is 0.473. The average molecular weight is 356 g/mol. The third-order valence-corrected chi connectivity index (χ3v) is 4.55. The van der Waals surface area contributed by atoms with Gasteiger partial charge >= 0.3 is 0 Å². The molecule has 1 aromatic carbocycles. The molecule has 3 rings (SSSR count). The number of ketones is 1. The molecule has 5 heteroatoms. The van der Waals surface area contributed by atoms with Gasteiger partial charge in [-0.1, -0.05) is 36.4 Å². The van der Waals surface area contributed by atoms with Gasteiger partial charge in [-0.15, -0.1) is 0 Å². The van der Waals surface area contributed by atoms with Crippen molar-refractivity contribution in [2.45, 2.75) is 37.8 Å². The van der Waals surface area contributed by atoms with Crippen LogP contribution in [0.5, 0.6) is 0 Å². The number of hydrogen-bond acceptors (Lipinski definition) is 5. The van der Waals surface area contributed by atoms with Crippen LogP contribution in [0.15, 0.2) is 66.0 Å². The zero-order valence-corrected chi connectivity index (χ0v) is 14.9. The Bertz CT molecular complexity index is 713. The van der Waals surface area contributed by atoms with Crippen LogP contribution in [0.2, 0.25) is 0 Å². The van der Waals surface area contributed by atoms with E-state index < -0.39 is 5.79 Å². The fraction of sp³-hybridized carbons (Fsp3) is 0.381. The number of carbonyl (C=O) groups excluding carboxylic acids is 1. The Hall–Kier alpha value is -2.21. The van der Waals surface area contributed by atoms with Crippen LogP contribution < -0.4 is 0 Å². The topological polar surface area (TPSA) is 65.0 Å². The molecule has 1 aliphatic heterocycles. The molecule has 0 bridgehead atoms. The average Bonchev–Trinajstić information content (AvgIpc) is 2.68. The van der Waals surface area contributed by atoms with E-state index in [1.807, 2.05) is 18.2 Å². The number of rotatable bonds is 6. The third-order valence-electron chi connectivity index (χ3n) is 4.55. The zero-order valence-electron chi connectivity index (χ0n) is 14.9. The summed E-state index contributed by atoms with van der Waals surface area (Å²) in [4.78, 5) is 12.2. The van der Waals surface area contributed by atoms with E-state index >= 15 is 0 Å². The fourth-order valence-electron chi connectivity index (χ4n) is 3.02. The Balaban J connectivity index is 1.67. The van der Waals surface area contributed by atoms with Crippen LogP contribution in [0.25, 0.3) is 0 Å². The second kappa shape index (κ2) is 8.45. The van der Waals surface area contributed by atoms with Gasteiger partial charge < -0.3 is 19.3 Å². The summed E-state index contributed by atoms with van der Waals surface area (Å²) in [6.45, 7) is 0.672. The summed E-state index contributed by atoms with van der Waals surface area (Å²) in [5.41, 5.74) is 1.17. The first-order chi connectivity index (χ1) is 12.6. The molecular formula is C21H24O5. The van der Waals surface area contributed by atoms with E-state index in [1.165, 1.54) is 6.08 Å². The van der Waals surface area contributed by atoms with Crippen molar-refractivity contribution in [1.29, 1.82) is 0 Å². The molecule has 138 valence electrons. The number of hydrogen-bond donors (Lipinski definition) is 1. The second-order valence-electron chi connectivity index (χ2n) is 6.41. The van der Waals surface area contributed by atoms with Gasteiger partial charge in [0.15, 0.2) is 17.9 Å². The summed E-state index contributed by atoms with van der Waals surface area (Å²) < 4.78 is 17.1. The highest BCUT2D eigenvalue weighted by molar-refractivity contribution is 6.04. The maximum atomic E-state index is 12.2. The molecule has 0 amide bonds. The van der Waals surface area contributed by atoms with E-state index in [1.54, 1.807) is 37.5 Å². The smallest absolute Gasteiger partial charge is 0.197 e. The first kappa shape index (κ1) is 18.6. The van der Waals surface area contributed by atoms with Crippen molar-refractivity contribution < 1.29 is 24.1 Å². The van der Waals surface area contributed by atoms with Gasteiger partial charge in [-0.25, -0.2) is 0 Å². The van der Waals surface area contributed by atoms with E-state index in [-0.39, 0.29) is 24.3 Å². The summed E-state index contributed by atoms with van der Waals surface area (Å²) in [5.74, 6) is -1.05. The Morgan fingerprint density at radius 2 is 2.12 bits per heavy atom. The van der Waals surface area contributed by atoms with Crippen LogP contribution in [0.3, 0.4) is 0 Å². The number of allylic oxidation sites excluding steroid dienone is 4. The van der Waals surface area contributed by atoms with Crippen LogP contribution >= 0.6 is 0 Å². The van der Waals surface area contributed by atoms with Crippen molar-refractivity contribution >= 4 is 5.78 Å². The van der Waals surface area contributed by atoms with Gasteiger partial charge in [-0.2, -0.15) is 0 Å². The van der Waals surface area contributed by atoms with Gasteiger partial charge in [-0.05, 0) is 37.5 Å². The highest BCUT2D eigenvalue weighted by atomic mass is 16.8. The summed E-state index contributed by atoms with van der Waals surface area (Å²) in [6, 6.07) is 9.00. The second-order valence-corrected chi connectivity index (χ2v) is 6.41. The molecule has 1 aromatic rings. The lowest BCUT2D eigenvalue weighted by Crippen LogP contribution is -2.40. The number of benzene rings is 1. The van der Waals surface area contributed by atoms with E-state index in [9.17, 15) is 9.90 Å². The van der Waals surface area contributed by atoms with Crippen molar-refractivity contribution in [2.75, 3.05) is 13.7 Å². The van der Waals surface area contributed by atoms with Crippen molar-refractivity contribution in [3.8, 4) is 0 Å². The number of aliphatic hydroxyl groups is 1. The van der Waals surface area contributed by atoms with Crippen molar-refractivity contribution in [3.05, 3.63) is 71.5 Å². The molecule has 1 fully saturated rings. The van der Waals surface area contributed by atoms with Gasteiger partial charge in [0.25, 0.3) is 0 Å². The van der Waals surface area contributed by atoms with E-state index in [0.717, 1.165) is 19.3 Å². The molecule has 0 radical (unpaired) electrons. The lowest BCUT2D eigenvalue weighted by molar-refractivity contribution is -0.288. The Kier molecular flexibility index (Phi) is 6.04. The number of carbonyl (C=O) groups is 1. The van der Waals surface area contributed by atoms with Crippen LogP contribution in [0.1, 0.15) is 36.0 Å². The van der Waals surface area contributed by atoms with Crippen LogP contribution in [0.4, 0.5) is 0 Å². The molecule has 2 unspecified atom stereocenters. The standard InChI is InChI=1S/C21H24O5/c1-24-21(26-20-9-5-6-14-25-20)13-12-17(19(23)15-21)10-11-18(22)16-7-3-2-4-8-16/h2-4,7-8,10-13,20,23H,5-6,9,14-15H2,1H3. The van der Waals surface area contributed by atoms with Gasteiger partial charge in [0.1, 0.15) is 5.76 Å². The van der Waals surface area contributed by atoms with Gasteiger partial charge in [0.05, 0.1) is 6.42 Å². The lowest BCUT2D eigenvalue weighted by Gasteiger charge is -2.36. The fourth-order valence-corrected chi connectivity index (χ4v) is 3.02. The molecule has 0 saturated carbocycles. The van der Waals surface area contributed by atoms with Gasteiger partial charge in [-0.3, -0.25) is 4.79 Å². The normalized spacial score (nSPS) is 26.4. The number of methoxy groups -OCH3 is 1. The van der Waals surface area contributed by atoms with Crippen LogP contribution in [-0.4, -0.2) is 36.7 Å². The largest absolute Gasteiger partial charge is 0.511 e. The predicted molar refractivity (Wildman–Crippen MR) is 97.7 cm³/mol. The SMILES string of the molecule is COC1(OC2CCCCO2)C=CC(C=CC(=O)c2ccccc2)=C(O)C1. The highest BCUT2D eigenvalue weighted by Crippen LogP contribution is 2.33. The Labute approximate surface area is 153 Å². The molecular weight excluding hydrogens is 332 g/mol. The van der Waals surface area contributed by atoms with E-state index in [0.29, 0.717) is 17.7 Å². The minimum Gasteiger partial charge on any atom is -0.511 e. The molecule has 1 N–H and O–H groups in total. The first-order valence-corrected chi connectivity index (χ1v) is 8.85. The molecule has 1 saturated heterocycles. The summed E-state index contributed by atoms with van der Waals surface area (Å²) >= 11 is 0. The highest BCUT2D eigenvalue weighted by Gasteiger charge is 2.36. The molecule has 2 aliphatic rings. The third kappa shape index (κ3) is 4.49. The minimum atomic E-state index is -1.05.